The molecule has 0 atom stereocenters. The summed E-state index contributed by atoms with van der Waals surface area (Å²) in [5, 5.41) is 0. The molecule has 0 heterocycles. The van der Waals surface area contributed by atoms with Gasteiger partial charge < -0.3 is 4.74 Å². The maximum atomic E-state index is 10.1. The summed E-state index contributed by atoms with van der Waals surface area (Å²) < 4.78 is 4.50. The minimum absolute atomic E-state index is 0.231. The van der Waals surface area contributed by atoms with Gasteiger partial charge in [-0.05, 0) is 12.5 Å². The summed E-state index contributed by atoms with van der Waals surface area (Å²) >= 11 is 0. The van der Waals surface area contributed by atoms with E-state index in [-0.39, 0.29) is 12.6 Å². The molecule has 0 aliphatic carbocycles. The van der Waals surface area contributed by atoms with Gasteiger partial charge in [-0.1, -0.05) is 6.58 Å². The molecule has 45 valence electrons. The van der Waals surface area contributed by atoms with Crippen LogP contribution in [0.15, 0.2) is 12.2 Å². The molecule has 2 heteroatoms. The number of hydrogen-bond donors (Lipinski definition) is 0. The molecule has 0 spiro atoms. The van der Waals surface area contributed by atoms with Crippen molar-refractivity contribution in [2.45, 2.75) is 6.92 Å². The van der Waals surface area contributed by atoms with Gasteiger partial charge in [-0.3, -0.25) is 4.79 Å². The van der Waals surface area contributed by atoms with Crippen LogP contribution < -0.4 is 0 Å². The molecule has 1 radical (unpaired) electrons. The van der Waals surface area contributed by atoms with E-state index in [2.05, 4.69) is 18.2 Å². The van der Waals surface area contributed by atoms with Crippen molar-refractivity contribution in [3.63, 3.8) is 0 Å². The third kappa shape index (κ3) is 5.21. The normalized spacial score (nSPS) is 8.25. The minimum atomic E-state index is -0.296. The van der Waals surface area contributed by atoms with Crippen molar-refractivity contribution < 1.29 is 9.53 Å². The van der Waals surface area contributed by atoms with E-state index in [1.807, 2.05) is 0 Å². The van der Waals surface area contributed by atoms with Gasteiger partial charge in [0.2, 0.25) is 0 Å². The third-order valence-electron chi connectivity index (χ3n) is 0.480. The highest BCUT2D eigenvalue weighted by Gasteiger charge is 1.89. The molecule has 0 saturated carbocycles. The Morgan fingerprint density at radius 3 is 2.38 bits per heavy atom. The minimum Gasteiger partial charge on any atom is -0.461 e. The van der Waals surface area contributed by atoms with Crippen LogP contribution in [-0.4, -0.2) is 12.6 Å². The quantitative estimate of drug-likeness (QED) is 0.498. The smallest absolute Gasteiger partial charge is 0.302 e. The average molecular weight is 113 g/mol. The highest BCUT2D eigenvalue weighted by Crippen LogP contribution is 1.86. The maximum absolute atomic E-state index is 10.1. The lowest BCUT2D eigenvalue weighted by Gasteiger charge is -1.97. The zero-order valence-corrected chi connectivity index (χ0v) is 4.94. The van der Waals surface area contributed by atoms with Crippen LogP contribution in [0.4, 0.5) is 0 Å². The molecule has 8 heavy (non-hydrogen) atoms. The van der Waals surface area contributed by atoms with E-state index in [9.17, 15) is 4.79 Å². The Hall–Kier alpha value is -0.790. The average Bonchev–Trinajstić information content (AvgIpc) is 1.61. The standard InChI is InChI=1S/C6H9O2/c1-5(2)4-8-6(3)7/h1-2,4H2,3H3. The topological polar surface area (TPSA) is 26.3 Å². The van der Waals surface area contributed by atoms with E-state index >= 15 is 0 Å². The molecule has 0 aliphatic rings. The number of ether oxygens (including phenoxy) is 1. The molecule has 0 aromatic rings. The van der Waals surface area contributed by atoms with E-state index in [4.69, 9.17) is 0 Å². The number of carbonyl (C=O) groups is 1. The van der Waals surface area contributed by atoms with E-state index < -0.39 is 0 Å². The Bertz CT molecular complexity index is 91.1. The van der Waals surface area contributed by atoms with Crippen molar-refractivity contribution in [3.05, 3.63) is 19.1 Å². The Labute approximate surface area is 49.1 Å². The van der Waals surface area contributed by atoms with Gasteiger partial charge in [0.15, 0.2) is 0 Å². The fourth-order valence-electron chi connectivity index (χ4n) is 0.204. The molecule has 0 aromatic heterocycles. The lowest BCUT2D eigenvalue weighted by molar-refractivity contribution is -0.139. The van der Waals surface area contributed by atoms with Gasteiger partial charge in [0.25, 0.3) is 0 Å². The monoisotopic (exact) mass is 113 g/mol. The molecule has 0 N–H and O–H groups in total. The van der Waals surface area contributed by atoms with Gasteiger partial charge in [0.05, 0.1) is 0 Å². The first-order chi connectivity index (χ1) is 3.63. The van der Waals surface area contributed by atoms with E-state index in [1.54, 1.807) is 0 Å². The van der Waals surface area contributed by atoms with Crippen molar-refractivity contribution in [1.29, 1.82) is 0 Å². The van der Waals surface area contributed by atoms with Crippen LogP contribution >= 0.6 is 0 Å². The van der Waals surface area contributed by atoms with Gasteiger partial charge in [-0.25, -0.2) is 0 Å². The summed E-state index contributed by atoms with van der Waals surface area (Å²) in [7, 11) is 0. The van der Waals surface area contributed by atoms with Crippen LogP contribution in [0.1, 0.15) is 6.92 Å². The van der Waals surface area contributed by atoms with E-state index in [0.29, 0.717) is 5.57 Å². The van der Waals surface area contributed by atoms with Crippen LogP contribution in [0.25, 0.3) is 0 Å². The molecule has 0 saturated heterocycles. The molecular formula is C6H9O2. The largest absolute Gasteiger partial charge is 0.461 e. The molecule has 0 aromatic carbocycles. The molecule has 0 amide bonds. The Balaban J connectivity index is 3.18. The molecule has 0 fully saturated rings. The van der Waals surface area contributed by atoms with Crippen molar-refractivity contribution in [2.75, 3.05) is 6.61 Å². The summed E-state index contributed by atoms with van der Waals surface area (Å²) in [4.78, 5) is 10.1. The zero-order valence-electron chi connectivity index (χ0n) is 4.94. The highest BCUT2D eigenvalue weighted by molar-refractivity contribution is 5.66. The number of esters is 1. The molecule has 0 unspecified atom stereocenters. The van der Waals surface area contributed by atoms with Crippen molar-refractivity contribution >= 4 is 5.97 Å². The second-order valence-corrected chi connectivity index (χ2v) is 1.53. The third-order valence-corrected chi connectivity index (χ3v) is 0.480. The van der Waals surface area contributed by atoms with Gasteiger partial charge in [-0.2, -0.15) is 0 Å². The first-order valence-corrected chi connectivity index (χ1v) is 2.26. The van der Waals surface area contributed by atoms with Crippen LogP contribution in [0, 0.1) is 6.92 Å². The lowest BCUT2D eigenvalue weighted by atomic mass is 10.4. The summed E-state index contributed by atoms with van der Waals surface area (Å²) in [5.74, 6) is -0.296. The van der Waals surface area contributed by atoms with Crippen LogP contribution in [0.5, 0.6) is 0 Å². The van der Waals surface area contributed by atoms with Gasteiger partial charge in [-0.15, -0.1) is 0 Å². The highest BCUT2D eigenvalue weighted by atomic mass is 16.5. The molecular weight excluding hydrogens is 104 g/mol. The zero-order chi connectivity index (χ0) is 6.57. The Kier molecular flexibility index (Phi) is 2.92. The van der Waals surface area contributed by atoms with Crippen molar-refractivity contribution in [2.24, 2.45) is 0 Å². The van der Waals surface area contributed by atoms with Crippen molar-refractivity contribution in [3.8, 4) is 0 Å². The lowest BCUT2D eigenvalue weighted by Crippen LogP contribution is -2.00. The fourth-order valence-corrected chi connectivity index (χ4v) is 0.204. The van der Waals surface area contributed by atoms with Crippen LogP contribution in [0.3, 0.4) is 0 Å². The molecule has 2 nitrogen and oxygen atoms in total. The predicted molar refractivity (Wildman–Crippen MR) is 31.1 cm³/mol. The predicted octanol–water partition coefficient (Wildman–Crippen LogP) is 0.940. The fraction of sp³-hybridized carbons (Fsp3) is 0.333. The second kappa shape index (κ2) is 3.24. The second-order valence-electron chi connectivity index (χ2n) is 1.53. The van der Waals surface area contributed by atoms with E-state index in [1.165, 1.54) is 6.92 Å². The first kappa shape index (κ1) is 7.21. The Morgan fingerprint density at radius 1 is 1.75 bits per heavy atom. The summed E-state index contributed by atoms with van der Waals surface area (Å²) in [6.07, 6.45) is 0. The van der Waals surface area contributed by atoms with Gasteiger partial charge >= 0.3 is 5.97 Å². The maximum Gasteiger partial charge on any atom is 0.302 e. The first-order valence-electron chi connectivity index (χ1n) is 2.26. The number of carbonyl (C=O) groups excluding carboxylic acids is 1. The molecule has 0 rings (SSSR count). The molecule has 0 aliphatic heterocycles. The Morgan fingerprint density at radius 2 is 2.25 bits per heavy atom. The van der Waals surface area contributed by atoms with E-state index in [0.717, 1.165) is 0 Å². The SMILES string of the molecule is [CH2]C(=C)COC(C)=O. The van der Waals surface area contributed by atoms with Gasteiger partial charge in [0.1, 0.15) is 6.61 Å². The van der Waals surface area contributed by atoms with Crippen LogP contribution in [0.2, 0.25) is 0 Å². The number of rotatable bonds is 2. The molecule has 0 bridgehead atoms. The summed E-state index contributed by atoms with van der Waals surface area (Å²) in [6, 6.07) is 0. The van der Waals surface area contributed by atoms with Crippen molar-refractivity contribution in [1.82, 2.24) is 0 Å². The number of hydrogen-bond acceptors (Lipinski definition) is 2. The summed E-state index contributed by atoms with van der Waals surface area (Å²) in [6.45, 7) is 8.46. The summed E-state index contributed by atoms with van der Waals surface area (Å²) in [5.41, 5.74) is 0.611. The van der Waals surface area contributed by atoms with Crippen LogP contribution in [-0.2, 0) is 9.53 Å². The van der Waals surface area contributed by atoms with Gasteiger partial charge in [0, 0.05) is 6.92 Å².